The number of benzene rings is 1. The summed E-state index contributed by atoms with van der Waals surface area (Å²) in [5.74, 6) is 0.590. The lowest BCUT2D eigenvalue weighted by molar-refractivity contribution is 0.351. The predicted molar refractivity (Wildman–Crippen MR) is 74.1 cm³/mol. The van der Waals surface area contributed by atoms with Gasteiger partial charge in [0.05, 0.1) is 4.90 Å². The van der Waals surface area contributed by atoms with Crippen LogP contribution in [0.25, 0.3) is 0 Å². The third-order valence-electron chi connectivity index (χ3n) is 2.33. The molecule has 0 saturated carbocycles. The van der Waals surface area contributed by atoms with Gasteiger partial charge in [0.2, 0.25) is 0 Å². The molecule has 0 unspecified atom stereocenters. The van der Waals surface area contributed by atoms with Crippen molar-refractivity contribution in [1.29, 1.82) is 0 Å². The molecule has 0 bridgehead atoms. The Morgan fingerprint density at radius 1 is 1.33 bits per heavy atom. The average Bonchev–Trinajstić information content (AvgIpc) is 2.22. The van der Waals surface area contributed by atoms with Gasteiger partial charge in [-0.2, -0.15) is 0 Å². The van der Waals surface area contributed by atoms with Gasteiger partial charge in [-0.3, -0.25) is 0 Å². The van der Waals surface area contributed by atoms with Crippen molar-refractivity contribution in [3.05, 3.63) is 34.4 Å². The lowest BCUT2D eigenvalue weighted by Gasteiger charge is -2.11. The number of ether oxygens (including phenoxy) is 1. The van der Waals surface area contributed by atoms with E-state index in [1.54, 1.807) is 26.0 Å². The zero-order valence-electron chi connectivity index (χ0n) is 10.3. The Morgan fingerprint density at radius 2 is 1.83 bits per heavy atom. The first-order valence-corrected chi connectivity index (χ1v) is 7.95. The molecular formula is C12H14Cl2O3S. The maximum absolute atomic E-state index is 11.4. The van der Waals surface area contributed by atoms with Gasteiger partial charge in [-0.15, -0.1) is 0 Å². The zero-order chi connectivity index (χ0) is 13.9. The molecule has 0 atom stereocenters. The van der Waals surface area contributed by atoms with Gasteiger partial charge >= 0.3 is 0 Å². The first-order valence-electron chi connectivity index (χ1n) is 5.20. The second kappa shape index (κ2) is 5.95. The lowest BCUT2D eigenvalue weighted by Crippen LogP contribution is -2.02. The fourth-order valence-corrected chi connectivity index (χ4v) is 3.29. The van der Waals surface area contributed by atoms with Crippen LogP contribution >= 0.6 is 22.3 Å². The van der Waals surface area contributed by atoms with Gasteiger partial charge < -0.3 is 4.74 Å². The molecule has 0 amide bonds. The Morgan fingerprint density at radius 3 is 2.22 bits per heavy atom. The van der Waals surface area contributed by atoms with Crippen LogP contribution in [0.15, 0.2) is 28.1 Å². The van der Waals surface area contributed by atoms with Gasteiger partial charge in [-0.25, -0.2) is 8.42 Å². The molecule has 6 heteroatoms. The third-order valence-corrected chi connectivity index (χ3v) is 4.30. The minimum Gasteiger partial charge on any atom is -0.489 e. The maximum Gasteiger partial charge on any atom is 0.261 e. The van der Waals surface area contributed by atoms with Gasteiger partial charge in [0.25, 0.3) is 9.05 Å². The summed E-state index contributed by atoms with van der Waals surface area (Å²) in [5, 5.41) is 0. The maximum atomic E-state index is 11.4. The topological polar surface area (TPSA) is 43.4 Å². The smallest absolute Gasteiger partial charge is 0.261 e. The zero-order valence-corrected chi connectivity index (χ0v) is 12.7. The van der Waals surface area contributed by atoms with Crippen LogP contribution in [0.5, 0.6) is 5.75 Å². The van der Waals surface area contributed by atoms with E-state index in [4.69, 9.17) is 27.0 Å². The number of hydrogen-bond acceptors (Lipinski definition) is 3. The summed E-state index contributed by atoms with van der Waals surface area (Å²) >= 11 is 5.53. The summed E-state index contributed by atoms with van der Waals surface area (Å²) in [4.78, 5) is 0.140. The number of halogens is 2. The minimum absolute atomic E-state index is 0.140. The van der Waals surface area contributed by atoms with E-state index < -0.39 is 9.05 Å². The largest absolute Gasteiger partial charge is 0.489 e. The van der Waals surface area contributed by atoms with E-state index >= 15 is 0 Å². The standard InChI is InChI=1S/C12H14Cl2O3S/c1-8(6-13)7-17-11-4-9(2)12(10(3)5-11)18(14,15)16/h4-6H,7H2,1-3H3/b8-6-. The Balaban J connectivity index is 3.08. The summed E-state index contributed by atoms with van der Waals surface area (Å²) in [5.41, 5.74) is 3.44. The average molecular weight is 309 g/mol. The number of hydrogen-bond donors (Lipinski definition) is 0. The second-order valence-corrected chi connectivity index (χ2v) is 6.79. The molecule has 0 aliphatic carbocycles. The Bertz CT molecular complexity index is 554. The van der Waals surface area contributed by atoms with Gasteiger partial charge in [0.15, 0.2) is 0 Å². The SMILES string of the molecule is C/C(=C/Cl)COc1cc(C)c(S(=O)(=O)Cl)c(C)c1. The van der Waals surface area contributed by atoms with Crippen molar-refractivity contribution in [2.75, 3.05) is 6.61 Å². The van der Waals surface area contributed by atoms with Crippen LogP contribution < -0.4 is 4.74 Å². The molecule has 0 aliphatic heterocycles. The van der Waals surface area contributed by atoms with Crippen molar-refractivity contribution in [1.82, 2.24) is 0 Å². The van der Waals surface area contributed by atoms with Crippen molar-refractivity contribution < 1.29 is 13.2 Å². The quantitative estimate of drug-likeness (QED) is 0.796. The molecule has 0 N–H and O–H groups in total. The van der Waals surface area contributed by atoms with Crippen molar-refractivity contribution in [2.24, 2.45) is 0 Å². The monoisotopic (exact) mass is 308 g/mol. The number of rotatable bonds is 4. The molecule has 0 fully saturated rings. The Labute approximate surface area is 117 Å². The first-order chi connectivity index (χ1) is 8.25. The predicted octanol–water partition coefficient (Wildman–Crippen LogP) is 3.75. The highest BCUT2D eigenvalue weighted by molar-refractivity contribution is 8.13. The van der Waals surface area contributed by atoms with E-state index in [-0.39, 0.29) is 4.90 Å². The second-order valence-electron chi connectivity index (χ2n) is 4.07. The third kappa shape index (κ3) is 3.90. The highest BCUT2D eigenvalue weighted by Crippen LogP contribution is 2.28. The molecule has 1 rings (SSSR count). The molecule has 0 heterocycles. The number of aryl methyl sites for hydroxylation is 2. The van der Waals surface area contributed by atoms with Crippen LogP contribution in [0.1, 0.15) is 18.1 Å². The highest BCUT2D eigenvalue weighted by atomic mass is 35.7. The molecule has 18 heavy (non-hydrogen) atoms. The molecule has 1 aromatic rings. The molecule has 100 valence electrons. The summed E-state index contributed by atoms with van der Waals surface area (Å²) in [6, 6.07) is 3.29. The van der Waals surface area contributed by atoms with Gasteiger partial charge in [0.1, 0.15) is 12.4 Å². The van der Waals surface area contributed by atoms with Crippen LogP contribution in [-0.2, 0) is 9.05 Å². The molecule has 0 saturated heterocycles. The van der Waals surface area contributed by atoms with Crippen LogP contribution in [0.2, 0.25) is 0 Å². The fourth-order valence-electron chi connectivity index (χ4n) is 1.61. The van der Waals surface area contributed by atoms with Crippen molar-refractivity contribution in [3.63, 3.8) is 0 Å². The van der Waals surface area contributed by atoms with Gasteiger partial charge in [-0.1, -0.05) is 11.6 Å². The summed E-state index contributed by atoms with van der Waals surface area (Å²) in [6.07, 6.45) is 0. The van der Waals surface area contributed by atoms with Crippen LogP contribution in [0.4, 0.5) is 0 Å². The van der Waals surface area contributed by atoms with Crippen molar-refractivity contribution in [3.8, 4) is 5.75 Å². The van der Waals surface area contributed by atoms with Crippen LogP contribution in [-0.4, -0.2) is 15.0 Å². The van der Waals surface area contributed by atoms with E-state index in [9.17, 15) is 8.42 Å². The summed E-state index contributed by atoms with van der Waals surface area (Å²) in [7, 11) is 1.64. The lowest BCUT2D eigenvalue weighted by atomic mass is 10.1. The minimum atomic E-state index is -3.73. The van der Waals surface area contributed by atoms with Gasteiger partial charge in [0, 0.05) is 16.2 Å². The normalized spacial score (nSPS) is 12.6. The van der Waals surface area contributed by atoms with Crippen LogP contribution in [0, 0.1) is 13.8 Å². The fraction of sp³-hybridized carbons (Fsp3) is 0.333. The van der Waals surface area contributed by atoms with E-state index in [2.05, 4.69) is 0 Å². The van der Waals surface area contributed by atoms with E-state index in [1.165, 1.54) is 5.54 Å². The molecule has 0 aromatic heterocycles. The first kappa shape index (κ1) is 15.3. The van der Waals surface area contributed by atoms with Crippen LogP contribution in [0.3, 0.4) is 0 Å². The highest BCUT2D eigenvalue weighted by Gasteiger charge is 2.17. The Kier molecular flexibility index (Phi) is 5.08. The van der Waals surface area contributed by atoms with E-state index in [0.717, 1.165) is 5.57 Å². The van der Waals surface area contributed by atoms with E-state index in [0.29, 0.717) is 23.5 Å². The van der Waals surface area contributed by atoms with Crippen molar-refractivity contribution in [2.45, 2.75) is 25.7 Å². The summed E-state index contributed by atoms with van der Waals surface area (Å²) < 4.78 is 28.3. The molecule has 0 aliphatic rings. The molecule has 3 nitrogen and oxygen atoms in total. The molecule has 1 aromatic carbocycles. The van der Waals surface area contributed by atoms with Gasteiger partial charge in [-0.05, 0) is 49.6 Å². The summed E-state index contributed by atoms with van der Waals surface area (Å²) in [6.45, 7) is 5.55. The molecule has 0 radical (unpaired) electrons. The van der Waals surface area contributed by atoms with Crippen molar-refractivity contribution >= 4 is 31.3 Å². The Hall–Kier alpha value is -0.710. The van der Waals surface area contributed by atoms with E-state index in [1.807, 2.05) is 6.92 Å². The molecular weight excluding hydrogens is 295 g/mol. The molecule has 0 spiro atoms.